The molecule has 0 heterocycles. The number of carbonyl (C=O) groups excluding carboxylic acids is 3. The molecule has 9 heteroatoms. The first-order valence-corrected chi connectivity index (χ1v) is 9.39. The van der Waals surface area contributed by atoms with Gasteiger partial charge in [0.25, 0.3) is 11.8 Å². The maximum Gasteiger partial charge on any atom is 0.387 e. The Kier molecular flexibility index (Phi) is 7.47. The molecule has 2 amide bonds. The lowest BCUT2D eigenvalue weighted by molar-refractivity contribution is -0.119. The van der Waals surface area contributed by atoms with Crippen LogP contribution in [0.1, 0.15) is 20.7 Å². The summed E-state index contributed by atoms with van der Waals surface area (Å²) >= 11 is 0. The lowest BCUT2D eigenvalue weighted by Gasteiger charge is -2.12. The third-order valence-electron chi connectivity index (χ3n) is 4.13. The number of carbonyl (C=O) groups is 3. The maximum absolute atomic E-state index is 12.6. The molecule has 0 saturated carbocycles. The minimum Gasteiger partial charge on any atom is -0.452 e. The summed E-state index contributed by atoms with van der Waals surface area (Å²) in [6, 6.07) is 20.0. The van der Waals surface area contributed by atoms with Gasteiger partial charge in [-0.3, -0.25) is 9.59 Å². The van der Waals surface area contributed by atoms with Crippen LogP contribution in [0.4, 0.5) is 20.2 Å². The van der Waals surface area contributed by atoms with Crippen LogP contribution in [0.2, 0.25) is 0 Å². The smallest absolute Gasteiger partial charge is 0.387 e. The molecule has 7 nitrogen and oxygen atoms in total. The quantitative estimate of drug-likeness (QED) is 0.509. The Morgan fingerprint density at radius 1 is 0.812 bits per heavy atom. The van der Waals surface area contributed by atoms with Crippen molar-refractivity contribution in [1.29, 1.82) is 0 Å². The molecular formula is C23H18F2N2O5. The van der Waals surface area contributed by atoms with Crippen LogP contribution >= 0.6 is 0 Å². The molecule has 0 aliphatic heterocycles. The van der Waals surface area contributed by atoms with Crippen LogP contribution in [0.15, 0.2) is 78.9 Å². The average Bonchev–Trinajstić information content (AvgIpc) is 2.78. The summed E-state index contributed by atoms with van der Waals surface area (Å²) in [6.45, 7) is -3.59. The van der Waals surface area contributed by atoms with Crippen LogP contribution in [-0.4, -0.2) is 31.0 Å². The highest BCUT2D eigenvalue weighted by molar-refractivity contribution is 6.10. The van der Waals surface area contributed by atoms with Crippen molar-refractivity contribution in [3.05, 3.63) is 90.0 Å². The van der Waals surface area contributed by atoms with Gasteiger partial charge in [0.1, 0.15) is 5.75 Å². The van der Waals surface area contributed by atoms with Gasteiger partial charge in [-0.1, -0.05) is 30.3 Å². The number of esters is 1. The second-order valence-electron chi connectivity index (χ2n) is 6.39. The summed E-state index contributed by atoms with van der Waals surface area (Å²) in [5.74, 6) is -2.01. The van der Waals surface area contributed by atoms with Gasteiger partial charge < -0.3 is 20.1 Å². The molecule has 164 valence electrons. The lowest BCUT2D eigenvalue weighted by atomic mass is 10.1. The number of anilines is 2. The molecule has 3 rings (SSSR count). The molecular weight excluding hydrogens is 422 g/mol. The van der Waals surface area contributed by atoms with Gasteiger partial charge in [-0.25, -0.2) is 4.79 Å². The van der Waals surface area contributed by atoms with Crippen LogP contribution in [0.5, 0.6) is 5.75 Å². The second kappa shape index (κ2) is 10.7. The largest absolute Gasteiger partial charge is 0.452 e. The Balaban J connectivity index is 1.57. The van der Waals surface area contributed by atoms with E-state index < -0.39 is 31.0 Å². The van der Waals surface area contributed by atoms with Gasteiger partial charge >= 0.3 is 12.6 Å². The van der Waals surface area contributed by atoms with Crippen LogP contribution in [0.25, 0.3) is 0 Å². The third kappa shape index (κ3) is 6.36. The van der Waals surface area contributed by atoms with Crippen molar-refractivity contribution in [3.8, 4) is 5.75 Å². The van der Waals surface area contributed by atoms with Gasteiger partial charge in [0.2, 0.25) is 0 Å². The predicted octanol–water partition coefficient (Wildman–Crippen LogP) is 4.34. The standard InChI is InChI=1S/C23H18F2N2O5/c24-23(25)32-17-12-10-15(11-13-17)22(30)31-14-20(28)27-19-9-5-4-8-18(19)21(29)26-16-6-2-1-3-7-16/h1-13,23H,14H2,(H,26,29)(H,27,28). The first kappa shape index (κ1) is 22.4. The Morgan fingerprint density at radius 2 is 1.47 bits per heavy atom. The van der Waals surface area contributed by atoms with E-state index in [1.165, 1.54) is 24.3 Å². The van der Waals surface area contributed by atoms with E-state index in [1.54, 1.807) is 48.5 Å². The van der Waals surface area contributed by atoms with Crippen LogP contribution in [0, 0.1) is 0 Å². The molecule has 0 aliphatic carbocycles. The summed E-state index contributed by atoms with van der Waals surface area (Å²) in [5, 5.41) is 5.26. The van der Waals surface area contributed by atoms with Crippen molar-refractivity contribution < 1.29 is 32.6 Å². The SMILES string of the molecule is O=C(COC(=O)c1ccc(OC(F)F)cc1)Nc1ccccc1C(=O)Nc1ccccc1. The zero-order valence-electron chi connectivity index (χ0n) is 16.6. The molecule has 0 bridgehead atoms. The lowest BCUT2D eigenvalue weighted by Crippen LogP contribution is -2.23. The highest BCUT2D eigenvalue weighted by Gasteiger charge is 2.15. The number of para-hydroxylation sites is 2. The van der Waals surface area contributed by atoms with Crippen LogP contribution < -0.4 is 15.4 Å². The van der Waals surface area contributed by atoms with E-state index in [0.717, 1.165) is 0 Å². The molecule has 0 aliphatic rings. The fourth-order valence-corrected chi connectivity index (χ4v) is 2.68. The molecule has 32 heavy (non-hydrogen) atoms. The summed E-state index contributed by atoms with van der Waals surface area (Å²) in [6.07, 6.45) is 0. The molecule has 0 fully saturated rings. The fourth-order valence-electron chi connectivity index (χ4n) is 2.68. The topological polar surface area (TPSA) is 93.7 Å². The van der Waals surface area contributed by atoms with E-state index in [4.69, 9.17) is 4.74 Å². The fraction of sp³-hybridized carbons (Fsp3) is 0.0870. The van der Waals surface area contributed by atoms with Gasteiger partial charge in [0, 0.05) is 5.69 Å². The third-order valence-corrected chi connectivity index (χ3v) is 4.13. The van der Waals surface area contributed by atoms with E-state index in [1.807, 2.05) is 6.07 Å². The molecule has 0 radical (unpaired) electrons. The van der Waals surface area contributed by atoms with Gasteiger partial charge in [-0.05, 0) is 48.5 Å². The van der Waals surface area contributed by atoms with E-state index in [0.29, 0.717) is 5.69 Å². The first-order valence-electron chi connectivity index (χ1n) is 9.39. The van der Waals surface area contributed by atoms with Gasteiger partial charge in [0.05, 0.1) is 16.8 Å². The molecule has 0 spiro atoms. The summed E-state index contributed by atoms with van der Waals surface area (Å²) in [5.41, 5.74) is 1.13. The summed E-state index contributed by atoms with van der Waals surface area (Å²) < 4.78 is 33.5. The maximum atomic E-state index is 12.6. The first-order chi connectivity index (χ1) is 15.4. The molecule has 0 atom stereocenters. The molecule has 3 aromatic carbocycles. The molecule has 0 saturated heterocycles. The minimum atomic E-state index is -2.98. The number of benzene rings is 3. The van der Waals surface area contributed by atoms with E-state index >= 15 is 0 Å². The van der Waals surface area contributed by atoms with E-state index in [2.05, 4.69) is 15.4 Å². The highest BCUT2D eigenvalue weighted by atomic mass is 19.3. The number of nitrogens with one attached hydrogen (secondary N) is 2. The molecule has 0 unspecified atom stereocenters. The Labute approximate surface area is 182 Å². The average molecular weight is 440 g/mol. The van der Waals surface area contributed by atoms with E-state index in [-0.39, 0.29) is 22.6 Å². The number of ether oxygens (including phenoxy) is 2. The molecule has 0 aromatic heterocycles. The van der Waals surface area contributed by atoms with Crippen molar-refractivity contribution in [2.75, 3.05) is 17.2 Å². The minimum absolute atomic E-state index is 0.0575. The number of rotatable bonds is 8. The van der Waals surface area contributed by atoms with Crippen LogP contribution in [0.3, 0.4) is 0 Å². The van der Waals surface area contributed by atoms with Gasteiger partial charge in [-0.2, -0.15) is 8.78 Å². The number of hydrogen-bond acceptors (Lipinski definition) is 5. The van der Waals surface area contributed by atoms with Gasteiger partial charge in [-0.15, -0.1) is 0 Å². The van der Waals surface area contributed by atoms with Gasteiger partial charge in [0.15, 0.2) is 6.61 Å². The monoisotopic (exact) mass is 440 g/mol. The van der Waals surface area contributed by atoms with Crippen molar-refractivity contribution in [3.63, 3.8) is 0 Å². The number of amides is 2. The normalized spacial score (nSPS) is 10.3. The zero-order chi connectivity index (χ0) is 22.9. The van der Waals surface area contributed by atoms with Crippen molar-refractivity contribution in [2.24, 2.45) is 0 Å². The van der Waals surface area contributed by atoms with Crippen molar-refractivity contribution in [1.82, 2.24) is 0 Å². The van der Waals surface area contributed by atoms with Crippen molar-refractivity contribution in [2.45, 2.75) is 6.61 Å². The summed E-state index contributed by atoms with van der Waals surface area (Å²) in [4.78, 5) is 36.8. The molecule has 2 N–H and O–H groups in total. The zero-order valence-corrected chi connectivity index (χ0v) is 16.6. The number of halogens is 2. The Hall–Kier alpha value is -4.27. The number of alkyl halides is 2. The molecule has 3 aromatic rings. The second-order valence-corrected chi connectivity index (χ2v) is 6.39. The Bertz CT molecular complexity index is 1090. The predicted molar refractivity (Wildman–Crippen MR) is 113 cm³/mol. The number of hydrogen-bond donors (Lipinski definition) is 2. The highest BCUT2D eigenvalue weighted by Crippen LogP contribution is 2.18. The Morgan fingerprint density at radius 3 is 2.16 bits per heavy atom. The van der Waals surface area contributed by atoms with Crippen LogP contribution in [-0.2, 0) is 9.53 Å². The van der Waals surface area contributed by atoms with E-state index in [9.17, 15) is 23.2 Å². The van der Waals surface area contributed by atoms with Crippen molar-refractivity contribution >= 4 is 29.2 Å². The summed E-state index contributed by atoms with van der Waals surface area (Å²) in [7, 11) is 0.